The molecule has 2 aromatic rings. The highest BCUT2D eigenvalue weighted by molar-refractivity contribution is 5.54. The van der Waals surface area contributed by atoms with Crippen LogP contribution in [0.25, 0.3) is 0 Å². The van der Waals surface area contributed by atoms with E-state index in [0.29, 0.717) is 6.04 Å². The summed E-state index contributed by atoms with van der Waals surface area (Å²) in [7, 11) is 1.97. The van der Waals surface area contributed by atoms with Crippen LogP contribution in [0.15, 0.2) is 36.7 Å². The molecule has 0 aliphatic carbocycles. The minimum absolute atomic E-state index is 0.526. The van der Waals surface area contributed by atoms with Gasteiger partial charge in [0.05, 0.1) is 25.1 Å². The second-order valence-electron chi connectivity index (χ2n) is 6.91. The van der Waals surface area contributed by atoms with Gasteiger partial charge in [-0.1, -0.05) is 18.2 Å². The number of aryl methyl sites for hydroxylation is 1. The van der Waals surface area contributed by atoms with E-state index in [9.17, 15) is 0 Å². The fourth-order valence-electron chi connectivity index (χ4n) is 3.76. The summed E-state index contributed by atoms with van der Waals surface area (Å²) in [5.41, 5.74) is 3.95. The molecule has 0 bridgehead atoms. The van der Waals surface area contributed by atoms with Crippen molar-refractivity contribution in [1.82, 2.24) is 15.1 Å². The molecular formula is C19H27N5O. The molecule has 0 saturated carbocycles. The highest BCUT2D eigenvalue weighted by atomic mass is 16.5. The van der Waals surface area contributed by atoms with Gasteiger partial charge in [0.15, 0.2) is 0 Å². The van der Waals surface area contributed by atoms with Crippen LogP contribution in [0.5, 0.6) is 0 Å². The number of nitrogens with one attached hydrogen (secondary N) is 1. The number of rotatable bonds is 5. The van der Waals surface area contributed by atoms with Gasteiger partial charge in [0, 0.05) is 57.7 Å². The number of ether oxygens (including phenoxy) is 1. The van der Waals surface area contributed by atoms with Crippen LogP contribution in [0.3, 0.4) is 0 Å². The Bertz CT molecular complexity index is 695. The lowest BCUT2D eigenvalue weighted by Crippen LogP contribution is -2.37. The van der Waals surface area contributed by atoms with E-state index in [1.807, 2.05) is 17.9 Å². The van der Waals surface area contributed by atoms with Crippen molar-refractivity contribution in [3.63, 3.8) is 0 Å². The molecule has 1 atom stereocenters. The average molecular weight is 341 g/mol. The largest absolute Gasteiger partial charge is 0.378 e. The quantitative estimate of drug-likeness (QED) is 0.896. The lowest BCUT2D eigenvalue weighted by Gasteiger charge is -2.31. The molecule has 1 aromatic carbocycles. The van der Waals surface area contributed by atoms with Gasteiger partial charge < -0.3 is 19.9 Å². The number of nitrogens with zero attached hydrogens (tertiary/aromatic N) is 4. The van der Waals surface area contributed by atoms with E-state index < -0.39 is 0 Å². The monoisotopic (exact) mass is 341 g/mol. The second-order valence-corrected chi connectivity index (χ2v) is 6.91. The van der Waals surface area contributed by atoms with Gasteiger partial charge >= 0.3 is 0 Å². The van der Waals surface area contributed by atoms with Crippen molar-refractivity contribution in [2.24, 2.45) is 7.05 Å². The fourth-order valence-corrected chi connectivity index (χ4v) is 3.76. The number of hydrogen-bond acceptors (Lipinski definition) is 5. The van der Waals surface area contributed by atoms with Crippen molar-refractivity contribution in [2.75, 3.05) is 49.2 Å². The van der Waals surface area contributed by atoms with Crippen LogP contribution in [0.2, 0.25) is 0 Å². The molecule has 2 aliphatic heterocycles. The molecule has 6 nitrogen and oxygen atoms in total. The van der Waals surface area contributed by atoms with Crippen LogP contribution in [-0.2, 0) is 18.3 Å². The van der Waals surface area contributed by atoms with Gasteiger partial charge in [-0.2, -0.15) is 5.10 Å². The average Bonchev–Trinajstić information content (AvgIpc) is 3.30. The van der Waals surface area contributed by atoms with Crippen LogP contribution in [0, 0.1) is 0 Å². The standard InChI is InChI=1S/C19H27N5O/c1-22-15-18(13-21-22)24-7-6-17(14-24)20-12-16-4-2-3-5-19(16)23-8-10-25-11-9-23/h2-5,13,15,17,20H,6-12,14H2,1H3. The predicted molar refractivity (Wildman–Crippen MR) is 100 cm³/mol. The van der Waals surface area contributed by atoms with E-state index in [1.54, 1.807) is 0 Å². The lowest BCUT2D eigenvalue weighted by molar-refractivity contribution is 0.122. The molecule has 0 spiro atoms. The van der Waals surface area contributed by atoms with Crippen molar-refractivity contribution in [3.05, 3.63) is 42.2 Å². The number of anilines is 2. The Morgan fingerprint density at radius 1 is 1.16 bits per heavy atom. The van der Waals surface area contributed by atoms with Gasteiger partial charge in [-0.25, -0.2) is 0 Å². The zero-order chi connectivity index (χ0) is 17.1. The van der Waals surface area contributed by atoms with Gasteiger partial charge in [-0.05, 0) is 18.1 Å². The molecule has 2 fully saturated rings. The van der Waals surface area contributed by atoms with Crippen molar-refractivity contribution in [2.45, 2.75) is 19.0 Å². The highest BCUT2D eigenvalue weighted by Crippen LogP contribution is 2.23. The zero-order valence-corrected chi connectivity index (χ0v) is 14.9. The van der Waals surface area contributed by atoms with Crippen molar-refractivity contribution < 1.29 is 4.74 Å². The van der Waals surface area contributed by atoms with E-state index in [2.05, 4.69) is 50.7 Å². The maximum Gasteiger partial charge on any atom is 0.0752 e. The molecule has 0 amide bonds. The molecular weight excluding hydrogens is 314 g/mol. The molecule has 6 heteroatoms. The maximum absolute atomic E-state index is 5.49. The molecule has 1 aromatic heterocycles. The van der Waals surface area contributed by atoms with Gasteiger partial charge in [0.2, 0.25) is 0 Å². The molecule has 0 radical (unpaired) electrons. The van der Waals surface area contributed by atoms with Crippen LogP contribution in [0.4, 0.5) is 11.4 Å². The van der Waals surface area contributed by atoms with Gasteiger partial charge in [0.1, 0.15) is 0 Å². The molecule has 2 aliphatic rings. The third-order valence-corrected chi connectivity index (χ3v) is 5.17. The third-order valence-electron chi connectivity index (χ3n) is 5.17. The number of benzene rings is 1. The number of aromatic nitrogens is 2. The fraction of sp³-hybridized carbons (Fsp3) is 0.526. The lowest BCUT2D eigenvalue weighted by atomic mass is 10.1. The molecule has 1 unspecified atom stereocenters. The SMILES string of the molecule is Cn1cc(N2CCC(NCc3ccccc3N3CCOCC3)C2)cn1. The first-order chi connectivity index (χ1) is 12.3. The summed E-state index contributed by atoms with van der Waals surface area (Å²) in [6.07, 6.45) is 5.22. The Labute approximate surface area is 149 Å². The summed E-state index contributed by atoms with van der Waals surface area (Å²) in [5.74, 6) is 0. The second kappa shape index (κ2) is 7.45. The van der Waals surface area contributed by atoms with Crippen LogP contribution >= 0.6 is 0 Å². The molecule has 1 N–H and O–H groups in total. The number of hydrogen-bond donors (Lipinski definition) is 1. The number of para-hydroxylation sites is 1. The van der Waals surface area contributed by atoms with Crippen molar-refractivity contribution in [3.8, 4) is 0 Å². The first-order valence-electron chi connectivity index (χ1n) is 9.17. The maximum atomic E-state index is 5.49. The summed E-state index contributed by atoms with van der Waals surface area (Å²) in [6, 6.07) is 9.27. The predicted octanol–water partition coefficient (Wildman–Crippen LogP) is 1.63. The topological polar surface area (TPSA) is 45.6 Å². The summed E-state index contributed by atoms with van der Waals surface area (Å²) in [4.78, 5) is 4.86. The molecule has 25 heavy (non-hydrogen) atoms. The normalized spacial score (nSPS) is 21.1. The van der Waals surface area contributed by atoms with Crippen LogP contribution < -0.4 is 15.1 Å². The van der Waals surface area contributed by atoms with Crippen LogP contribution in [0.1, 0.15) is 12.0 Å². The molecule has 4 rings (SSSR count). The Balaban J connectivity index is 1.36. The number of morpholine rings is 1. The van der Waals surface area contributed by atoms with Crippen LogP contribution in [-0.4, -0.2) is 55.2 Å². The van der Waals surface area contributed by atoms with E-state index in [-0.39, 0.29) is 0 Å². The third kappa shape index (κ3) is 3.80. The van der Waals surface area contributed by atoms with Crippen molar-refractivity contribution >= 4 is 11.4 Å². The molecule has 134 valence electrons. The van der Waals surface area contributed by atoms with E-state index in [0.717, 1.165) is 45.9 Å². The van der Waals surface area contributed by atoms with E-state index in [1.165, 1.54) is 23.4 Å². The first kappa shape index (κ1) is 16.4. The zero-order valence-electron chi connectivity index (χ0n) is 14.9. The Kier molecular flexibility index (Phi) is 4.90. The summed E-state index contributed by atoms with van der Waals surface area (Å²) in [6.45, 7) is 6.67. The highest BCUT2D eigenvalue weighted by Gasteiger charge is 2.23. The van der Waals surface area contributed by atoms with E-state index >= 15 is 0 Å². The molecule has 2 saturated heterocycles. The van der Waals surface area contributed by atoms with E-state index in [4.69, 9.17) is 4.74 Å². The Morgan fingerprint density at radius 2 is 2.00 bits per heavy atom. The van der Waals surface area contributed by atoms with Gasteiger partial charge in [-0.15, -0.1) is 0 Å². The Morgan fingerprint density at radius 3 is 2.80 bits per heavy atom. The summed E-state index contributed by atoms with van der Waals surface area (Å²) >= 11 is 0. The van der Waals surface area contributed by atoms with Gasteiger partial charge in [0.25, 0.3) is 0 Å². The minimum atomic E-state index is 0.526. The smallest absolute Gasteiger partial charge is 0.0752 e. The summed E-state index contributed by atoms with van der Waals surface area (Å²) < 4.78 is 7.36. The molecule has 3 heterocycles. The first-order valence-corrected chi connectivity index (χ1v) is 9.17. The van der Waals surface area contributed by atoms with Gasteiger partial charge in [-0.3, -0.25) is 4.68 Å². The van der Waals surface area contributed by atoms with Crippen molar-refractivity contribution in [1.29, 1.82) is 0 Å². The summed E-state index contributed by atoms with van der Waals surface area (Å²) in [5, 5.41) is 8.04. The Hall–Kier alpha value is -2.05. The minimum Gasteiger partial charge on any atom is -0.378 e.